The van der Waals surface area contributed by atoms with E-state index in [1.54, 1.807) is 6.07 Å². The summed E-state index contributed by atoms with van der Waals surface area (Å²) < 4.78 is 2.17. The third kappa shape index (κ3) is 4.76. The summed E-state index contributed by atoms with van der Waals surface area (Å²) in [5.41, 5.74) is 9.49. The van der Waals surface area contributed by atoms with Gasteiger partial charge in [0, 0.05) is 12.1 Å². The fourth-order valence-electron chi connectivity index (χ4n) is 4.81. The molecule has 0 radical (unpaired) electrons. The van der Waals surface area contributed by atoms with Gasteiger partial charge in [-0.05, 0) is 71.0 Å². The number of pyridine rings is 1. The van der Waals surface area contributed by atoms with Crippen molar-refractivity contribution in [3.05, 3.63) is 107 Å². The van der Waals surface area contributed by atoms with E-state index in [0.29, 0.717) is 12.1 Å². The molecule has 0 bridgehead atoms. The van der Waals surface area contributed by atoms with Crippen molar-refractivity contribution in [1.82, 2.24) is 14.5 Å². The summed E-state index contributed by atoms with van der Waals surface area (Å²) in [6.45, 7) is 6.79. The van der Waals surface area contributed by atoms with E-state index in [2.05, 4.69) is 24.5 Å². The van der Waals surface area contributed by atoms with Gasteiger partial charge in [0.2, 0.25) is 0 Å². The highest BCUT2D eigenvalue weighted by Gasteiger charge is 2.16. The lowest BCUT2D eigenvalue weighted by Gasteiger charge is -2.12. The number of aromatic carboxylic acids is 1. The molecule has 186 valence electrons. The molecule has 2 heterocycles. The number of carboxylic acids is 1. The maximum absolute atomic E-state index is 12.0. The number of nitrogens with zero attached hydrogens (tertiary/aromatic N) is 3. The van der Waals surface area contributed by atoms with Crippen molar-refractivity contribution in [2.45, 2.75) is 40.3 Å². The largest absolute Gasteiger partial charge is 0.478 e. The van der Waals surface area contributed by atoms with Gasteiger partial charge in [0.15, 0.2) is 5.65 Å². The van der Waals surface area contributed by atoms with Crippen LogP contribution in [-0.2, 0) is 19.6 Å². The Morgan fingerprint density at radius 3 is 2.14 bits per heavy atom. The van der Waals surface area contributed by atoms with Gasteiger partial charge in [-0.1, -0.05) is 61.5 Å². The second-order valence-corrected chi connectivity index (χ2v) is 9.34. The first-order chi connectivity index (χ1) is 17.9. The van der Waals surface area contributed by atoms with Crippen molar-refractivity contribution >= 4 is 17.1 Å². The Balaban J connectivity index is 1.50. The molecule has 6 nitrogen and oxygen atoms in total. The molecule has 37 heavy (non-hydrogen) atoms. The van der Waals surface area contributed by atoms with E-state index < -0.39 is 5.97 Å². The first kappa shape index (κ1) is 24.4. The zero-order chi connectivity index (χ0) is 26.1. The Hall–Kier alpha value is -4.29. The molecule has 2 aromatic heterocycles. The minimum absolute atomic E-state index is 0.0142. The number of rotatable bonds is 7. The molecule has 0 atom stereocenters. The maximum Gasteiger partial charge on any atom is 0.336 e. The van der Waals surface area contributed by atoms with Crippen LogP contribution in [0, 0.1) is 13.8 Å². The predicted octanol–water partition coefficient (Wildman–Crippen LogP) is 6.18. The summed E-state index contributed by atoms with van der Waals surface area (Å²) in [4.78, 5) is 21.6. The van der Waals surface area contributed by atoms with Crippen LogP contribution in [-0.4, -0.2) is 30.7 Å². The van der Waals surface area contributed by atoms with Crippen LogP contribution in [0.25, 0.3) is 33.4 Å². The smallest absolute Gasteiger partial charge is 0.336 e. The van der Waals surface area contributed by atoms with Crippen molar-refractivity contribution in [2.75, 3.05) is 0 Å². The van der Waals surface area contributed by atoms with Gasteiger partial charge in [0.25, 0.3) is 0 Å². The first-order valence-electron chi connectivity index (χ1n) is 12.4. The fraction of sp³-hybridized carbons (Fsp3) is 0.194. The van der Waals surface area contributed by atoms with Gasteiger partial charge in [-0.2, -0.15) is 0 Å². The summed E-state index contributed by atoms with van der Waals surface area (Å²) in [6.07, 6.45) is 0.807. The Bertz CT molecular complexity index is 1600. The quantitative estimate of drug-likeness (QED) is 0.284. The summed E-state index contributed by atoms with van der Waals surface area (Å²) in [5.74, 6) is 0.0314. The molecule has 5 rings (SSSR count). The minimum Gasteiger partial charge on any atom is -0.478 e. The summed E-state index contributed by atoms with van der Waals surface area (Å²) in [7, 11) is 0. The molecule has 0 aliphatic rings. The third-order valence-electron chi connectivity index (χ3n) is 6.74. The molecule has 0 aliphatic carbocycles. The molecule has 6 heteroatoms. The van der Waals surface area contributed by atoms with Crippen LogP contribution in [0.5, 0.6) is 0 Å². The fourth-order valence-corrected chi connectivity index (χ4v) is 4.81. The van der Waals surface area contributed by atoms with Gasteiger partial charge >= 0.3 is 5.97 Å². The zero-order valence-electron chi connectivity index (χ0n) is 21.2. The van der Waals surface area contributed by atoms with Crippen LogP contribution in [0.4, 0.5) is 0 Å². The number of aryl methyl sites for hydroxylation is 3. The second kappa shape index (κ2) is 9.99. The second-order valence-electron chi connectivity index (χ2n) is 9.34. The normalized spacial score (nSPS) is 11.2. The lowest BCUT2D eigenvalue weighted by Crippen LogP contribution is -2.06. The Morgan fingerprint density at radius 1 is 0.838 bits per heavy atom. The molecule has 0 unspecified atom stereocenters. The van der Waals surface area contributed by atoms with Crippen molar-refractivity contribution in [3.8, 4) is 22.3 Å². The summed E-state index contributed by atoms with van der Waals surface area (Å²) >= 11 is 0. The topological polar surface area (TPSA) is 88.2 Å². The number of carbonyl (C=O) groups is 1. The Labute approximate surface area is 215 Å². The predicted molar refractivity (Wildman–Crippen MR) is 146 cm³/mol. The van der Waals surface area contributed by atoms with E-state index in [1.165, 1.54) is 0 Å². The summed E-state index contributed by atoms with van der Waals surface area (Å²) in [6, 6.07) is 23.1. The van der Waals surface area contributed by atoms with Gasteiger partial charge in [0.05, 0.1) is 18.7 Å². The summed E-state index contributed by atoms with van der Waals surface area (Å²) in [5, 5.41) is 19.2. The average molecular weight is 492 g/mol. The zero-order valence-corrected chi connectivity index (χ0v) is 21.2. The van der Waals surface area contributed by atoms with E-state index in [4.69, 9.17) is 9.97 Å². The number of hydrogen-bond acceptors (Lipinski definition) is 4. The first-order valence-corrected chi connectivity index (χ1v) is 12.4. The van der Waals surface area contributed by atoms with Gasteiger partial charge < -0.3 is 14.8 Å². The Morgan fingerprint density at radius 2 is 1.49 bits per heavy atom. The molecule has 3 aromatic carbocycles. The highest BCUT2D eigenvalue weighted by atomic mass is 16.4. The van der Waals surface area contributed by atoms with Crippen molar-refractivity contribution < 1.29 is 15.0 Å². The standard InChI is InChI=1S/C31H29N3O3/c1-4-28-33-29-19(2)15-20(3)32-30(29)34(28)17-21-5-11-24(12-6-21)27-16-25(13-14-26(27)31(36)37)23-9-7-22(18-35)8-10-23/h5-16,35H,4,17-18H2,1-3H3,(H,36,37). The van der Waals surface area contributed by atoms with Crippen molar-refractivity contribution in [3.63, 3.8) is 0 Å². The number of imidazole rings is 1. The molecule has 0 fully saturated rings. The molecule has 0 spiro atoms. The molecule has 5 aromatic rings. The number of fused-ring (bicyclic) bond motifs is 1. The van der Waals surface area contributed by atoms with Crippen LogP contribution in [0.3, 0.4) is 0 Å². The molecule has 0 aliphatic heterocycles. The van der Waals surface area contributed by atoms with Crippen molar-refractivity contribution in [2.24, 2.45) is 0 Å². The van der Waals surface area contributed by atoms with Gasteiger partial charge in [-0.25, -0.2) is 14.8 Å². The lowest BCUT2D eigenvalue weighted by molar-refractivity contribution is 0.0697. The monoisotopic (exact) mass is 491 g/mol. The number of aliphatic hydroxyl groups is 1. The third-order valence-corrected chi connectivity index (χ3v) is 6.74. The van der Waals surface area contributed by atoms with Crippen LogP contribution in [0.2, 0.25) is 0 Å². The number of aliphatic hydroxyl groups excluding tert-OH is 1. The molecular weight excluding hydrogens is 462 g/mol. The van der Waals surface area contributed by atoms with Gasteiger partial charge in [0.1, 0.15) is 11.3 Å². The Kier molecular flexibility index (Phi) is 6.59. The molecule has 0 amide bonds. The average Bonchev–Trinajstić information content (AvgIpc) is 3.26. The minimum atomic E-state index is -0.962. The molecule has 2 N–H and O–H groups in total. The molecule has 0 saturated heterocycles. The maximum atomic E-state index is 12.0. The van der Waals surface area contributed by atoms with E-state index in [0.717, 1.165) is 62.5 Å². The molecular formula is C31H29N3O3. The van der Waals surface area contributed by atoms with Crippen LogP contribution < -0.4 is 0 Å². The number of carboxylic acid groups (broad SMARTS) is 1. The van der Waals surface area contributed by atoms with E-state index >= 15 is 0 Å². The highest BCUT2D eigenvalue weighted by Crippen LogP contribution is 2.31. The van der Waals surface area contributed by atoms with E-state index in [-0.39, 0.29) is 12.2 Å². The molecule has 0 saturated carbocycles. The number of hydrogen-bond donors (Lipinski definition) is 2. The lowest BCUT2D eigenvalue weighted by atomic mass is 9.93. The highest BCUT2D eigenvalue weighted by molar-refractivity contribution is 5.97. The van der Waals surface area contributed by atoms with Crippen molar-refractivity contribution in [1.29, 1.82) is 0 Å². The number of benzene rings is 3. The van der Waals surface area contributed by atoms with E-state index in [9.17, 15) is 15.0 Å². The van der Waals surface area contributed by atoms with Crippen LogP contribution in [0.15, 0.2) is 72.8 Å². The van der Waals surface area contributed by atoms with E-state index in [1.807, 2.05) is 67.6 Å². The van der Waals surface area contributed by atoms with Gasteiger partial charge in [-0.3, -0.25) is 0 Å². The SMILES string of the molecule is CCc1nc2c(C)cc(C)nc2n1Cc1ccc(-c2cc(-c3ccc(CO)cc3)ccc2C(=O)O)cc1. The van der Waals surface area contributed by atoms with Crippen LogP contribution in [0.1, 0.15) is 45.5 Å². The van der Waals surface area contributed by atoms with Crippen LogP contribution >= 0.6 is 0 Å². The number of aromatic nitrogens is 3. The van der Waals surface area contributed by atoms with Gasteiger partial charge in [-0.15, -0.1) is 0 Å².